The normalized spacial score (nSPS) is 16.1. The van der Waals surface area contributed by atoms with Gasteiger partial charge in [-0.1, -0.05) is 18.2 Å². The van der Waals surface area contributed by atoms with Gasteiger partial charge in [-0.2, -0.15) is 5.26 Å². The van der Waals surface area contributed by atoms with Gasteiger partial charge in [0.25, 0.3) is 5.91 Å². The number of carbonyl (C=O) groups excluding carboxylic acids is 1. The molecule has 0 aliphatic carbocycles. The highest BCUT2D eigenvalue weighted by Crippen LogP contribution is 2.36. The van der Waals surface area contributed by atoms with Crippen LogP contribution in [0.3, 0.4) is 0 Å². The van der Waals surface area contributed by atoms with Crippen molar-refractivity contribution in [2.75, 3.05) is 24.3 Å². The summed E-state index contributed by atoms with van der Waals surface area (Å²) in [6.45, 7) is -0.0401. The number of ether oxygens (including phenoxy) is 2. The van der Waals surface area contributed by atoms with Crippen LogP contribution in [0.15, 0.2) is 42.5 Å². The molecule has 1 aliphatic rings. The summed E-state index contributed by atoms with van der Waals surface area (Å²) in [5.74, 6) is 0.948. The molecule has 1 unspecified atom stereocenters. The van der Waals surface area contributed by atoms with Gasteiger partial charge in [0.1, 0.15) is 18.0 Å². The van der Waals surface area contributed by atoms with Gasteiger partial charge < -0.3 is 15.2 Å². The monoisotopic (exact) mass is 323 g/mol. The zero-order chi connectivity index (χ0) is 17.1. The van der Waals surface area contributed by atoms with E-state index in [1.54, 1.807) is 25.3 Å². The molecule has 3 rings (SSSR count). The first kappa shape index (κ1) is 15.7. The quantitative estimate of drug-likeness (QED) is 0.688. The van der Waals surface area contributed by atoms with Crippen molar-refractivity contribution in [3.8, 4) is 17.6 Å². The summed E-state index contributed by atoms with van der Waals surface area (Å²) in [6.07, 6.45) is -0.386. The van der Waals surface area contributed by atoms with Crippen molar-refractivity contribution in [2.24, 2.45) is 0 Å². The number of benzene rings is 2. The Bertz CT molecular complexity index is 813. The van der Waals surface area contributed by atoms with Crippen molar-refractivity contribution in [2.45, 2.75) is 12.5 Å². The molecule has 24 heavy (non-hydrogen) atoms. The maximum atomic E-state index is 12.7. The molecule has 0 radical (unpaired) electrons. The summed E-state index contributed by atoms with van der Waals surface area (Å²) in [6, 6.07) is 14.5. The van der Waals surface area contributed by atoms with E-state index in [-0.39, 0.29) is 12.5 Å². The highest BCUT2D eigenvalue weighted by atomic mass is 16.5. The Hall–Kier alpha value is -3.20. The van der Waals surface area contributed by atoms with Crippen molar-refractivity contribution in [1.82, 2.24) is 0 Å². The van der Waals surface area contributed by atoms with Crippen LogP contribution in [-0.2, 0) is 11.2 Å². The van der Waals surface area contributed by atoms with Crippen LogP contribution in [0.5, 0.6) is 11.5 Å². The first-order valence-corrected chi connectivity index (χ1v) is 7.50. The number of para-hydroxylation sites is 1. The minimum atomic E-state index is -0.732. The van der Waals surface area contributed by atoms with Crippen molar-refractivity contribution < 1.29 is 14.3 Å². The van der Waals surface area contributed by atoms with Gasteiger partial charge >= 0.3 is 0 Å². The lowest BCUT2D eigenvalue weighted by Crippen LogP contribution is -2.47. The second-order valence-corrected chi connectivity index (χ2v) is 5.43. The topological polar surface area (TPSA) is 88.6 Å². The molecule has 0 saturated heterocycles. The van der Waals surface area contributed by atoms with Crippen LogP contribution < -0.4 is 20.1 Å². The van der Waals surface area contributed by atoms with Gasteiger partial charge in [-0.15, -0.1) is 0 Å². The highest BCUT2D eigenvalue weighted by molar-refractivity contribution is 6.00. The van der Waals surface area contributed by atoms with E-state index < -0.39 is 6.10 Å². The molecular weight excluding hydrogens is 306 g/mol. The number of methoxy groups -OCH3 is 1. The largest absolute Gasteiger partial charge is 0.496 e. The summed E-state index contributed by atoms with van der Waals surface area (Å²) < 4.78 is 11.2. The average Bonchev–Trinajstić information content (AvgIpc) is 2.59. The number of nitrogens with zero attached hydrogens (tertiary/aromatic N) is 2. The van der Waals surface area contributed by atoms with Crippen LogP contribution in [-0.4, -0.2) is 25.7 Å². The Morgan fingerprint density at radius 3 is 2.88 bits per heavy atom. The molecule has 0 fully saturated rings. The number of hydrogen-bond donors (Lipinski definition) is 1. The lowest BCUT2D eigenvalue weighted by molar-refractivity contribution is -0.126. The number of nitriles is 1. The Labute approximate surface area is 140 Å². The van der Waals surface area contributed by atoms with Crippen molar-refractivity contribution >= 4 is 17.3 Å². The SMILES string of the molecule is COc1ccccc1CC1Oc2cc(N)ccc2N(CC#N)C1=O. The van der Waals surface area contributed by atoms with Crippen LogP contribution in [0.25, 0.3) is 0 Å². The standard InChI is InChI=1S/C18H17N3O3/c1-23-15-5-3-2-4-12(15)10-17-18(22)21(9-8-19)14-7-6-13(20)11-16(14)24-17/h2-7,11,17H,9-10,20H2,1H3. The van der Waals surface area contributed by atoms with Crippen LogP contribution in [0.2, 0.25) is 0 Å². The number of rotatable bonds is 4. The Morgan fingerprint density at radius 1 is 1.33 bits per heavy atom. The lowest BCUT2D eigenvalue weighted by atomic mass is 10.0. The molecule has 6 heteroatoms. The molecule has 2 aromatic carbocycles. The molecule has 2 aromatic rings. The minimum absolute atomic E-state index is 0.0401. The predicted molar refractivity (Wildman–Crippen MR) is 89.9 cm³/mol. The second-order valence-electron chi connectivity index (χ2n) is 5.43. The van der Waals surface area contributed by atoms with Crippen LogP contribution >= 0.6 is 0 Å². The summed E-state index contributed by atoms with van der Waals surface area (Å²) in [7, 11) is 1.58. The molecule has 0 spiro atoms. The number of nitrogens with two attached hydrogens (primary N) is 1. The van der Waals surface area contributed by atoms with Crippen molar-refractivity contribution in [1.29, 1.82) is 5.26 Å². The summed E-state index contributed by atoms with van der Waals surface area (Å²) in [4.78, 5) is 14.2. The van der Waals surface area contributed by atoms with Crippen molar-refractivity contribution in [3.05, 3.63) is 48.0 Å². The number of amides is 1. The molecule has 1 heterocycles. The fraction of sp³-hybridized carbons (Fsp3) is 0.222. The molecular formula is C18H17N3O3. The smallest absolute Gasteiger partial charge is 0.269 e. The molecule has 122 valence electrons. The number of anilines is 2. The second kappa shape index (κ2) is 6.50. The van der Waals surface area contributed by atoms with Gasteiger partial charge in [-0.25, -0.2) is 0 Å². The van der Waals surface area contributed by atoms with E-state index in [1.165, 1.54) is 4.90 Å². The molecule has 0 aromatic heterocycles. The molecule has 1 atom stereocenters. The van der Waals surface area contributed by atoms with E-state index in [1.807, 2.05) is 30.3 Å². The Morgan fingerprint density at radius 2 is 2.12 bits per heavy atom. The lowest BCUT2D eigenvalue weighted by Gasteiger charge is -2.33. The number of hydrogen-bond acceptors (Lipinski definition) is 5. The molecule has 6 nitrogen and oxygen atoms in total. The predicted octanol–water partition coefficient (Wildman–Crippen LogP) is 2.14. The summed E-state index contributed by atoms with van der Waals surface area (Å²) >= 11 is 0. The van der Waals surface area contributed by atoms with E-state index in [4.69, 9.17) is 20.5 Å². The van der Waals surface area contributed by atoms with Crippen LogP contribution in [0.1, 0.15) is 5.56 Å². The molecule has 2 N–H and O–H groups in total. The first-order valence-electron chi connectivity index (χ1n) is 7.50. The fourth-order valence-electron chi connectivity index (χ4n) is 2.78. The maximum Gasteiger partial charge on any atom is 0.269 e. The first-order chi connectivity index (χ1) is 11.6. The third-order valence-corrected chi connectivity index (χ3v) is 3.91. The van der Waals surface area contributed by atoms with E-state index in [0.717, 1.165) is 5.56 Å². The number of fused-ring (bicyclic) bond motifs is 1. The fourth-order valence-corrected chi connectivity index (χ4v) is 2.78. The van der Waals surface area contributed by atoms with E-state index in [0.29, 0.717) is 29.3 Å². The van der Waals surface area contributed by atoms with Crippen LogP contribution in [0, 0.1) is 11.3 Å². The Balaban J connectivity index is 1.95. The zero-order valence-electron chi connectivity index (χ0n) is 13.2. The van der Waals surface area contributed by atoms with Crippen molar-refractivity contribution in [3.63, 3.8) is 0 Å². The zero-order valence-corrected chi connectivity index (χ0v) is 13.2. The average molecular weight is 323 g/mol. The van der Waals surface area contributed by atoms with Gasteiger partial charge in [0, 0.05) is 18.2 Å². The maximum absolute atomic E-state index is 12.7. The minimum Gasteiger partial charge on any atom is -0.496 e. The molecule has 1 amide bonds. The third kappa shape index (κ3) is 2.84. The van der Waals surface area contributed by atoms with Gasteiger partial charge in [0.2, 0.25) is 0 Å². The van der Waals surface area contributed by atoms with E-state index >= 15 is 0 Å². The highest BCUT2D eigenvalue weighted by Gasteiger charge is 2.35. The third-order valence-electron chi connectivity index (χ3n) is 3.91. The Kier molecular flexibility index (Phi) is 4.25. The van der Waals surface area contributed by atoms with Crippen LogP contribution in [0.4, 0.5) is 11.4 Å². The number of nitrogen functional groups attached to an aromatic ring is 1. The van der Waals surface area contributed by atoms with E-state index in [9.17, 15) is 4.79 Å². The molecule has 1 aliphatic heterocycles. The summed E-state index contributed by atoms with van der Waals surface area (Å²) in [5.41, 5.74) is 7.77. The summed E-state index contributed by atoms with van der Waals surface area (Å²) in [5, 5.41) is 9.05. The molecule has 0 bridgehead atoms. The van der Waals surface area contributed by atoms with E-state index in [2.05, 4.69) is 0 Å². The van der Waals surface area contributed by atoms with Gasteiger partial charge in [-0.3, -0.25) is 9.69 Å². The molecule has 0 saturated carbocycles. The van der Waals surface area contributed by atoms with Gasteiger partial charge in [0.15, 0.2) is 6.10 Å². The van der Waals surface area contributed by atoms with Gasteiger partial charge in [0.05, 0.1) is 18.9 Å². The van der Waals surface area contributed by atoms with Gasteiger partial charge in [-0.05, 0) is 23.8 Å². The number of carbonyl (C=O) groups is 1.